The molecule has 1 amide bonds. The molecule has 40 heavy (non-hydrogen) atoms. The summed E-state index contributed by atoms with van der Waals surface area (Å²) in [5.41, 5.74) is 0.155. The van der Waals surface area contributed by atoms with Gasteiger partial charge in [0.15, 0.2) is 23.2 Å². The van der Waals surface area contributed by atoms with Crippen molar-refractivity contribution in [2.75, 3.05) is 6.61 Å². The van der Waals surface area contributed by atoms with Gasteiger partial charge < -0.3 is 33.6 Å². The molecule has 1 saturated heterocycles. The Hall–Kier alpha value is -3.65. The summed E-state index contributed by atoms with van der Waals surface area (Å²) in [7, 11) is 0. The normalized spacial score (nSPS) is 22.2. The second kappa shape index (κ2) is 14.1. The fraction of sp³-hybridized carbons (Fsp3) is 0.538. The summed E-state index contributed by atoms with van der Waals surface area (Å²) in [6.07, 6.45) is -3.34. The van der Waals surface area contributed by atoms with Crippen molar-refractivity contribution >= 4 is 35.6 Å². The molecule has 0 radical (unpaired) electrons. The zero-order chi connectivity index (χ0) is 29.4. The Labute approximate surface area is 236 Å². The lowest BCUT2D eigenvalue weighted by Gasteiger charge is -2.44. The Morgan fingerprint density at radius 1 is 1.02 bits per heavy atom. The number of carbonyl (C=O) groups excluding carboxylic acids is 4. The van der Waals surface area contributed by atoms with Crippen LogP contribution in [0.25, 0.3) is 0 Å². The van der Waals surface area contributed by atoms with E-state index in [1.165, 1.54) is 27.7 Å². The molecule has 2 aromatic rings. The van der Waals surface area contributed by atoms with Gasteiger partial charge in [0.05, 0.1) is 0 Å². The Morgan fingerprint density at radius 2 is 1.73 bits per heavy atom. The van der Waals surface area contributed by atoms with E-state index in [4.69, 9.17) is 23.7 Å². The number of ether oxygens (including phenoxy) is 5. The summed E-state index contributed by atoms with van der Waals surface area (Å²) < 4.78 is 30.1. The number of carbonyl (C=O) groups is 4. The summed E-state index contributed by atoms with van der Waals surface area (Å²) in [6, 6.07) is 6.66. The van der Waals surface area contributed by atoms with Crippen molar-refractivity contribution in [3.8, 4) is 5.75 Å². The molecule has 0 aliphatic carbocycles. The van der Waals surface area contributed by atoms with E-state index in [1.54, 1.807) is 0 Å². The fourth-order valence-electron chi connectivity index (χ4n) is 4.18. The van der Waals surface area contributed by atoms with Crippen LogP contribution in [0.5, 0.6) is 5.75 Å². The topological polar surface area (TPSA) is 157 Å². The second-order valence-electron chi connectivity index (χ2n) is 9.09. The van der Waals surface area contributed by atoms with Crippen LogP contribution in [-0.4, -0.2) is 75.0 Å². The SMILES string of the molecule is CCn1c(COc2cccc(C)c2)nnc1SC1OC(COC(C)=O)C(OC(C)=O)C(OC(C)=O)C1NC(C)=O. The lowest BCUT2D eigenvalue weighted by molar-refractivity contribution is -0.211. The first kappa shape index (κ1) is 30.9. The molecule has 13 nitrogen and oxygen atoms in total. The molecule has 1 aliphatic heterocycles. The van der Waals surface area contributed by atoms with E-state index in [9.17, 15) is 19.2 Å². The number of nitrogens with zero attached hydrogens (tertiary/aromatic N) is 3. The van der Waals surface area contributed by atoms with Crippen LogP contribution in [0.15, 0.2) is 29.4 Å². The van der Waals surface area contributed by atoms with E-state index >= 15 is 0 Å². The standard InChI is InChI=1S/C26H34N4O9S/c1-7-30-21(13-36-19-10-8-9-14(2)11-19)28-29-26(30)40-25-22(27-15(3)31)24(38-18(6)34)23(37-17(5)33)20(39-25)12-35-16(4)32/h8-11,20,22-25H,7,12-13H2,1-6H3,(H,27,31). The van der Waals surface area contributed by atoms with Gasteiger partial charge in [-0.3, -0.25) is 19.2 Å². The first-order chi connectivity index (χ1) is 19.0. The molecule has 0 spiro atoms. The van der Waals surface area contributed by atoms with Crippen molar-refractivity contribution in [1.29, 1.82) is 0 Å². The molecule has 0 saturated carbocycles. The molecular formula is C26H34N4O9S. The number of aromatic nitrogens is 3. The van der Waals surface area contributed by atoms with Crippen LogP contribution in [0.1, 0.15) is 46.0 Å². The average molecular weight is 579 g/mol. The Bertz CT molecular complexity index is 1220. The van der Waals surface area contributed by atoms with Gasteiger partial charge in [-0.25, -0.2) is 0 Å². The summed E-state index contributed by atoms with van der Waals surface area (Å²) in [6.45, 7) is 9.16. The van der Waals surface area contributed by atoms with Gasteiger partial charge in [0.1, 0.15) is 36.5 Å². The molecular weight excluding hydrogens is 544 g/mol. The first-order valence-corrected chi connectivity index (χ1v) is 13.5. The van der Waals surface area contributed by atoms with E-state index < -0.39 is 53.6 Å². The minimum atomic E-state index is -1.17. The number of amides is 1. The highest BCUT2D eigenvalue weighted by atomic mass is 32.2. The highest BCUT2D eigenvalue weighted by Gasteiger charge is 2.51. The number of esters is 3. The number of aryl methyl sites for hydroxylation is 1. The maximum Gasteiger partial charge on any atom is 0.303 e. The maximum atomic E-state index is 12.2. The van der Waals surface area contributed by atoms with Crippen LogP contribution in [0, 0.1) is 6.92 Å². The molecule has 1 fully saturated rings. The Kier molecular flexibility index (Phi) is 10.9. The van der Waals surface area contributed by atoms with E-state index in [2.05, 4.69) is 15.5 Å². The number of nitrogens with one attached hydrogen (secondary N) is 1. The number of rotatable bonds is 11. The minimum absolute atomic E-state index is 0.158. The van der Waals surface area contributed by atoms with Crippen molar-refractivity contribution in [2.45, 2.75) is 89.6 Å². The predicted octanol–water partition coefficient (Wildman–Crippen LogP) is 1.93. The highest BCUT2D eigenvalue weighted by Crippen LogP contribution is 2.36. The van der Waals surface area contributed by atoms with E-state index in [1.807, 2.05) is 42.7 Å². The van der Waals surface area contributed by atoms with Crippen LogP contribution >= 0.6 is 11.8 Å². The zero-order valence-corrected chi connectivity index (χ0v) is 24.1. The molecule has 1 aliphatic rings. The van der Waals surface area contributed by atoms with Crippen LogP contribution in [-0.2, 0) is 51.3 Å². The lowest BCUT2D eigenvalue weighted by Crippen LogP contribution is -2.65. The number of hydrogen-bond donors (Lipinski definition) is 1. The largest absolute Gasteiger partial charge is 0.486 e. The first-order valence-electron chi connectivity index (χ1n) is 12.7. The Morgan fingerprint density at radius 3 is 2.33 bits per heavy atom. The maximum absolute atomic E-state index is 12.2. The van der Waals surface area contributed by atoms with Gasteiger partial charge in [0.25, 0.3) is 0 Å². The van der Waals surface area contributed by atoms with Gasteiger partial charge in [-0.1, -0.05) is 23.9 Å². The average Bonchev–Trinajstić information content (AvgIpc) is 3.25. The summed E-state index contributed by atoms with van der Waals surface area (Å²) in [5, 5.41) is 11.8. The molecule has 5 unspecified atom stereocenters. The highest BCUT2D eigenvalue weighted by molar-refractivity contribution is 7.99. The van der Waals surface area contributed by atoms with Gasteiger partial charge in [0.2, 0.25) is 5.91 Å². The smallest absolute Gasteiger partial charge is 0.303 e. The second-order valence-corrected chi connectivity index (χ2v) is 10.2. The van der Waals surface area contributed by atoms with Crippen LogP contribution in [0.2, 0.25) is 0 Å². The minimum Gasteiger partial charge on any atom is -0.486 e. The van der Waals surface area contributed by atoms with E-state index in [0.29, 0.717) is 23.3 Å². The monoisotopic (exact) mass is 578 g/mol. The summed E-state index contributed by atoms with van der Waals surface area (Å²) >= 11 is 1.13. The van der Waals surface area contributed by atoms with Crippen molar-refractivity contribution in [1.82, 2.24) is 20.1 Å². The third-order valence-corrected chi connectivity index (χ3v) is 6.91. The van der Waals surface area contributed by atoms with Crippen molar-refractivity contribution in [3.05, 3.63) is 35.7 Å². The van der Waals surface area contributed by atoms with Gasteiger partial charge in [-0.05, 0) is 31.5 Å². The van der Waals surface area contributed by atoms with Crippen LogP contribution < -0.4 is 10.1 Å². The van der Waals surface area contributed by atoms with Gasteiger partial charge in [0, 0.05) is 34.2 Å². The predicted molar refractivity (Wildman–Crippen MR) is 141 cm³/mol. The van der Waals surface area contributed by atoms with Gasteiger partial charge in [-0.2, -0.15) is 0 Å². The molecule has 1 N–H and O–H groups in total. The zero-order valence-electron chi connectivity index (χ0n) is 23.2. The van der Waals surface area contributed by atoms with Gasteiger partial charge in [-0.15, -0.1) is 10.2 Å². The Balaban J connectivity index is 1.92. The molecule has 14 heteroatoms. The molecule has 1 aromatic heterocycles. The van der Waals surface area contributed by atoms with Crippen molar-refractivity contribution < 1.29 is 42.9 Å². The quantitative estimate of drug-likeness (QED) is 0.306. The fourth-order valence-corrected chi connectivity index (χ4v) is 5.40. The number of benzene rings is 1. The van der Waals surface area contributed by atoms with E-state index in [-0.39, 0.29) is 13.2 Å². The van der Waals surface area contributed by atoms with Crippen LogP contribution in [0.3, 0.4) is 0 Å². The molecule has 5 atom stereocenters. The van der Waals surface area contributed by atoms with Crippen molar-refractivity contribution in [2.24, 2.45) is 0 Å². The molecule has 1 aromatic carbocycles. The molecule has 0 bridgehead atoms. The summed E-state index contributed by atoms with van der Waals surface area (Å²) in [5.74, 6) is -1.09. The van der Waals surface area contributed by atoms with E-state index in [0.717, 1.165) is 17.3 Å². The molecule has 2 heterocycles. The third kappa shape index (κ3) is 8.42. The molecule has 3 rings (SSSR count). The number of thioether (sulfide) groups is 1. The summed E-state index contributed by atoms with van der Waals surface area (Å²) in [4.78, 5) is 47.8. The van der Waals surface area contributed by atoms with Crippen molar-refractivity contribution in [3.63, 3.8) is 0 Å². The van der Waals surface area contributed by atoms with Crippen LogP contribution in [0.4, 0.5) is 0 Å². The number of hydrogen-bond acceptors (Lipinski definition) is 12. The molecule has 218 valence electrons. The van der Waals surface area contributed by atoms with Gasteiger partial charge >= 0.3 is 17.9 Å². The third-order valence-electron chi connectivity index (χ3n) is 5.76. The lowest BCUT2D eigenvalue weighted by atomic mass is 9.97.